The Morgan fingerprint density at radius 1 is 1.67 bits per heavy atom. The molecule has 15 heavy (non-hydrogen) atoms. The zero-order valence-electron chi connectivity index (χ0n) is 8.48. The minimum absolute atomic E-state index is 0.0984. The Hall–Kier alpha value is -1.79. The first kappa shape index (κ1) is 11.3. The summed E-state index contributed by atoms with van der Waals surface area (Å²) < 4.78 is 4.31. The van der Waals surface area contributed by atoms with E-state index in [1.54, 1.807) is 0 Å². The van der Waals surface area contributed by atoms with Gasteiger partial charge < -0.3 is 10.4 Å². The van der Waals surface area contributed by atoms with Crippen molar-refractivity contribution >= 4 is 6.09 Å². The first-order chi connectivity index (χ1) is 6.99. The number of rotatable bonds is 4. The van der Waals surface area contributed by atoms with Gasteiger partial charge in [0.05, 0.1) is 0 Å². The standard InChI is InChI=1S/C8H13N3O4/c1-4(2)5(9-7(12)13)3-6-10-8(14)15-11-6/h4-5,9H,3H2,1-2H3,(H,12,13)(H,10,11,14). The molecule has 1 atom stereocenters. The fourth-order valence-electron chi connectivity index (χ4n) is 1.17. The summed E-state index contributed by atoms with van der Waals surface area (Å²) >= 11 is 0. The zero-order chi connectivity index (χ0) is 11.4. The van der Waals surface area contributed by atoms with E-state index in [2.05, 4.69) is 20.0 Å². The van der Waals surface area contributed by atoms with E-state index in [1.807, 2.05) is 13.8 Å². The number of aromatic amines is 1. The molecule has 1 amide bonds. The Bertz CT molecular complexity index is 381. The summed E-state index contributed by atoms with van der Waals surface area (Å²) in [5.41, 5.74) is 0. The van der Waals surface area contributed by atoms with Crippen molar-refractivity contribution in [3.8, 4) is 0 Å². The van der Waals surface area contributed by atoms with Crippen molar-refractivity contribution in [3.05, 3.63) is 16.4 Å². The summed E-state index contributed by atoms with van der Waals surface area (Å²) in [4.78, 5) is 23.5. The normalized spacial score (nSPS) is 12.7. The molecule has 7 nitrogen and oxygen atoms in total. The van der Waals surface area contributed by atoms with Gasteiger partial charge in [0.15, 0.2) is 5.82 Å². The highest BCUT2D eigenvalue weighted by molar-refractivity contribution is 5.64. The van der Waals surface area contributed by atoms with Gasteiger partial charge in [-0.1, -0.05) is 19.0 Å². The number of carbonyl (C=O) groups is 1. The van der Waals surface area contributed by atoms with E-state index in [-0.39, 0.29) is 12.0 Å². The lowest BCUT2D eigenvalue weighted by molar-refractivity contribution is 0.185. The molecule has 1 rings (SSSR count). The van der Waals surface area contributed by atoms with Crippen LogP contribution in [0.3, 0.4) is 0 Å². The summed E-state index contributed by atoms with van der Waals surface area (Å²) in [6, 6.07) is -0.303. The molecule has 0 bridgehead atoms. The van der Waals surface area contributed by atoms with Crippen molar-refractivity contribution in [2.75, 3.05) is 0 Å². The van der Waals surface area contributed by atoms with Gasteiger partial charge in [0, 0.05) is 12.5 Å². The fourth-order valence-corrected chi connectivity index (χ4v) is 1.17. The highest BCUT2D eigenvalue weighted by Gasteiger charge is 2.18. The van der Waals surface area contributed by atoms with Crippen LogP contribution in [0.2, 0.25) is 0 Å². The smallest absolute Gasteiger partial charge is 0.438 e. The van der Waals surface area contributed by atoms with Crippen LogP contribution in [0.15, 0.2) is 9.32 Å². The van der Waals surface area contributed by atoms with E-state index < -0.39 is 11.8 Å². The minimum Gasteiger partial charge on any atom is -0.465 e. The summed E-state index contributed by atoms with van der Waals surface area (Å²) in [5.74, 6) is -0.198. The number of hydrogen-bond donors (Lipinski definition) is 3. The molecule has 0 aliphatic rings. The second-order valence-electron chi connectivity index (χ2n) is 3.55. The molecule has 7 heteroatoms. The van der Waals surface area contributed by atoms with Gasteiger partial charge in [-0.2, -0.15) is 0 Å². The van der Waals surface area contributed by atoms with Crippen LogP contribution in [-0.2, 0) is 6.42 Å². The minimum atomic E-state index is -1.10. The first-order valence-corrected chi connectivity index (χ1v) is 4.53. The van der Waals surface area contributed by atoms with Crippen molar-refractivity contribution < 1.29 is 14.4 Å². The molecule has 0 spiro atoms. The maximum Gasteiger partial charge on any atom is 0.438 e. The fraction of sp³-hybridized carbons (Fsp3) is 0.625. The Morgan fingerprint density at radius 2 is 2.33 bits per heavy atom. The van der Waals surface area contributed by atoms with Crippen LogP contribution in [0.1, 0.15) is 19.7 Å². The molecule has 0 saturated carbocycles. The average Bonchev–Trinajstić information content (AvgIpc) is 2.49. The third-order valence-electron chi connectivity index (χ3n) is 2.01. The van der Waals surface area contributed by atoms with Crippen LogP contribution in [0.4, 0.5) is 4.79 Å². The average molecular weight is 215 g/mol. The number of nitrogens with one attached hydrogen (secondary N) is 2. The van der Waals surface area contributed by atoms with Crippen molar-refractivity contribution in [1.82, 2.24) is 15.5 Å². The molecule has 0 aliphatic heterocycles. The van der Waals surface area contributed by atoms with Crippen molar-refractivity contribution in [2.45, 2.75) is 26.3 Å². The van der Waals surface area contributed by atoms with Crippen LogP contribution in [0, 0.1) is 5.92 Å². The highest BCUT2D eigenvalue weighted by Crippen LogP contribution is 2.06. The van der Waals surface area contributed by atoms with Gasteiger partial charge in [-0.3, -0.25) is 9.51 Å². The summed E-state index contributed by atoms with van der Waals surface area (Å²) in [6.07, 6.45) is -0.796. The molecule has 0 aliphatic carbocycles. The molecular formula is C8H13N3O4. The van der Waals surface area contributed by atoms with E-state index in [9.17, 15) is 9.59 Å². The van der Waals surface area contributed by atoms with Gasteiger partial charge in [-0.05, 0) is 5.92 Å². The van der Waals surface area contributed by atoms with E-state index in [4.69, 9.17) is 5.11 Å². The molecule has 1 heterocycles. The Labute approximate surface area is 85.5 Å². The monoisotopic (exact) mass is 215 g/mol. The molecular weight excluding hydrogens is 202 g/mol. The molecule has 1 unspecified atom stereocenters. The molecule has 0 aromatic carbocycles. The number of nitrogens with zero attached hydrogens (tertiary/aromatic N) is 1. The Kier molecular flexibility index (Phi) is 3.48. The van der Waals surface area contributed by atoms with Gasteiger partial charge >= 0.3 is 11.8 Å². The highest BCUT2D eigenvalue weighted by atomic mass is 16.5. The molecule has 0 fully saturated rings. The number of aromatic nitrogens is 2. The summed E-state index contributed by atoms with van der Waals surface area (Å²) in [5, 5.41) is 14.4. The topological polar surface area (TPSA) is 108 Å². The maximum absolute atomic E-state index is 10.6. The van der Waals surface area contributed by atoms with E-state index in [1.165, 1.54) is 0 Å². The lowest BCUT2D eigenvalue weighted by atomic mass is 10.0. The number of carboxylic acid groups (broad SMARTS) is 1. The first-order valence-electron chi connectivity index (χ1n) is 4.53. The second-order valence-corrected chi connectivity index (χ2v) is 3.55. The predicted molar refractivity (Wildman–Crippen MR) is 50.6 cm³/mol. The molecule has 1 aromatic rings. The molecule has 0 saturated heterocycles. The van der Waals surface area contributed by atoms with Crippen molar-refractivity contribution in [2.24, 2.45) is 5.92 Å². The third-order valence-corrected chi connectivity index (χ3v) is 2.01. The van der Waals surface area contributed by atoms with Crippen LogP contribution in [0.5, 0.6) is 0 Å². The van der Waals surface area contributed by atoms with Gasteiger partial charge in [0.25, 0.3) is 0 Å². The van der Waals surface area contributed by atoms with E-state index in [0.717, 1.165) is 0 Å². The quantitative estimate of drug-likeness (QED) is 0.664. The Morgan fingerprint density at radius 3 is 2.73 bits per heavy atom. The maximum atomic E-state index is 10.6. The third kappa shape index (κ3) is 3.45. The second kappa shape index (κ2) is 4.63. The number of H-pyrrole nitrogens is 1. The largest absolute Gasteiger partial charge is 0.465 e. The van der Waals surface area contributed by atoms with Gasteiger partial charge in [-0.15, -0.1) is 0 Å². The SMILES string of the molecule is CC(C)C(Cc1noc(=O)[nH]1)NC(=O)O. The van der Waals surface area contributed by atoms with Gasteiger partial charge in [0.1, 0.15) is 0 Å². The summed E-state index contributed by atoms with van der Waals surface area (Å²) in [6.45, 7) is 3.75. The van der Waals surface area contributed by atoms with Crippen LogP contribution in [0.25, 0.3) is 0 Å². The molecule has 84 valence electrons. The molecule has 0 radical (unpaired) electrons. The summed E-state index contributed by atoms with van der Waals surface area (Å²) in [7, 11) is 0. The lowest BCUT2D eigenvalue weighted by Crippen LogP contribution is -2.39. The lowest BCUT2D eigenvalue weighted by Gasteiger charge is -2.18. The zero-order valence-corrected chi connectivity index (χ0v) is 8.48. The van der Waals surface area contributed by atoms with Gasteiger partial charge in [-0.25, -0.2) is 9.59 Å². The Balaban J connectivity index is 2.66. The van der Waals surface area contributed by atoms with Crippen LogP contribution < -0.4 is 11.1 Å². The van der Waals surface area contributed by atoms with Crippen molar-refractivity contribution in [3.63, 3.8) is 0 Å². The van der Waals surface area contributed by atoms with E-state index in [0.29, 0.717) is 12.2 Å². The van der Waals surface area contributed by atoms with E-state index >= 15 is 0 Å². The number of amides is 1. The van der Waals surface area contributed by atoms with Crippen LogP contribution in [-0.4, -0.2) is 27.4 Å². The van der Waals surface area contributed by atoms with Crippen molar-refractivity contribution in [1.29, 1.82) is 0 Å². The predicted octanol–water partition coefficient (Wildman–Crippen LogP) is 0.198. The molecule has 3 N–H and O–H groups in total. The number of hydrogen-bond acceptors (Lipinski definition) is 4. The molecule has 1 aromatic heterocycles. The van der Waals surface area contributed by atoms with Gasteiger partial charge in [0.2, 0.25) is 0 Å². The van der Waals surface area contributed by atoms with Crippen LogP contribution >= 0.6 is 0 Å².